The van der Waals surface area contributed by atoms with Gasteiger partial charge in [0.1, 0.15) is 5.82 Å². The predicted molar refractivity (Wildman–Crippen MR) is 45.3 cm³/mol. The van der Waals surface area contributed by atoms with Crippen LogP contribution in [0.4, 0.5) is 0 Å². The van der Waals surface area contributed by atoms with Crippen LogP contribution in [0.25, 0.3) is 10.4 Å². The molecule has 0 spiro atoms. The lowest BCUT2D eigenvalue weighted by Gasteiger charge is -2.01. The molecule has 0 aliphatic rings. The maximum atomic E-state index is 8.11. The van der Waals surface area contributed by atoms with Crippen LogP contribution in [0.3, 0.4) is 0 Å². The van der Waals surface area contributed by atoms with E-state index in [1.165, 1.54) is 0 Å². The van der Waals surface area contributed by atoms with Crippen molar-refractivity contribution in [1.82, 2.24) is 9.55 Å². The Labute approximate surface area is 70.0 Å². The fraction of sp³-hybridized carbons (Fsp3) is 0.286. The summed E-state index contributed by atoms with van der Waals surface area (Å²) < 4.78 is 1.86. The highest BCUT2D eigenvalue weighted by Gasteiger charge is 1.96. The van der Waals surface area contributed by atoms with Crippen molar-refractivity contribution in [3.63, 3.8) is 0 Å². The molecule has 5 heteroatoms. The highest BCUT2D eigenvalue weighted by atomic mass is 15.2. The zero-order valence-electron chi connectivity index (χ0n) is 6.80. The largest absolute Gasteiger partial charge is 0.331 e. The van der Waals surface area contributed by atoms with Gasteiger partial charge in [0, 0.05) is 23.0 Å². The molecule has 0 amide bonds. The molecule has 1 heterocycles. The third-order valence-electron chi connectivity index (χ3n) is 1.46. The minimum atomic E-state index is 0.485. The van der Waals surface area contributed by atoms with E-state index in [9.17, 15) is 0 Å². The van der Waals surface area contributed by atoms with Crippen LogP contribution in [0, 0.1) is 6.92 Å². The first kappa shape index (κ1) is 8.36. The van der Waals surface area contributed by atoms with E-state index in [1.54, 1.807) is 6.20 Å². The average Bonchev–Trinajstić information content (AvgIpc) is 2.37. The minimum absolute atomic E-state index is 0.485. The fourth-order valence-corrected chi connectivity index (χ4v) is 0.862. The van der Waals surface area contributed by atoms with Crippen LogP contribution < -0.4 is 0 Å². The first-order valence-corrected chi connectivity index (χ1v) is 3.44. The molecule has 0 saturated heterocycles. The Morgan fingerprint density at radius 2 is 2.67 bits per heavy atom. The van der Waals surface area contributed by atoms with Gasteiger partial charge in [-0.1, -0.05) is 11.7 Å². The topological polar surface area (TPSA) is 66.6 Å². The first-order chi connectivity index (χ1) is 5.74. The van der Waals surface area contributed by atoms with E-state index in [-0.39, 0.29) is 0 Å². The zero-order valence-corrected chi connectivity index (χ0v) is 6.80. The summed E-state index contributed by atoms with van der Waals surface area (Å²) >= 11 is 0. The lowest BCUT2D eigenvalue weighted by molar-refractivity contribution is 0.743. The van der Waals surface area contributed by atoms with Gasteiger partial charge in [-0.15, -0.1) is 0 Å². The lowest BCUT2D eigenvalue weighted by Crippen LogP contribution is -1.99. The third kappa shape index (κ3) is 1.87. The standard InChI is InChI=1S/C7H9N5/c1-6(10-11-8)5-12-4-3-9-7(12)2/h3-4H,1,5H2,2H3. The number of nitrogens with zero attached hydrogens (tertiary/aromatic N) is 5. The second kappa shape index (κ2) is 3.59. The molecular formula is C7H9N5. The van der Waals surface area contributed by atoms with E-state index < -0.39 is 0 Å². The molecule has 62 valence electrons. The summed E-state index contributed by atoms with van der Waals surface area (Å²) in [5.74, 6) is 0.879. The molecule has 0 bridgehead atoms. The molecule has 0 unspecified atom stereocenters. The van der Waals surface area contributed by atoms with Crippen molar-refractivity contribution < 1.29 is 0 Å². The van der Waals surface area contributed by atoms with Crippen molar-refractivity contribution in [1.29, 1.82) is 0 Å². The number of aryl methyl sites for hydroxylation is 1. The van der Waals surface area contributed by atoms with Crippen molar-refractivity contribution in [3.05, 3.63) is 40.9 Å². The van der Waals surface area contributed by atoms with Gasteiger partial charge < -0.3 is 4.57 Å². The zero-order chi connectivity index (χ0) is 8.97. The maximum absolute atomic E-state index is 8.11. The maximum Gasteiger partial charge on any atom is 0.105 e. The highest BCUT2D eigenvalue weighted by molar-refractivity contribution is 4.98. The summed E-state index contributed by atoms with van der Waals surface area (Å²) in [4.78, 5) is 6.65. The van der Waals surface area contributed by atoms with Crippen LogP contribution in [-0.4, -0.2) is 9.55 Å². The van der Waals surface area contributed by atoms with E-state index in [4.69, 9.17) is 5.53 Å². The van der Waals surface area contributed by atoms with Crippen LogP contribution in [-0.2, 0) is 6.54 Å². The van der Waals surface area contributed by atoms with Crippen molar-refractivity contribution >= 4 is 0 Å². The van der Waals surface area contributed by atoms with Crippen molar-refractivity contribution in [2.75, 3.05) is 0 Å². The van der Waals surface area contributed by atoms with Crippen LogP contribution in [0.2, 0.25) is 0 Å². The van der Waals surface area contributed by atoms with Gasteiger partial charge in [-0.05, 0) is 12.5 Å². The highest BCUT2D eigenvalue weighted by Crippen LogP contribution is 2.01. The van der Waals surface area contributed by atoms with Gasteiger partial charge in [0.15, 0.2) is 0 Å². The number of hydrogen-bond donors (Lipinski definition) is 0. The summed E-state index contributed by atoms with van der Waals surface area (Å²) in [7, 11) is 0. The van der Waals surface area contributed by atoms with Gasteiger partial charge in [0.05, 0.1) is 6.54 Å². The molecule has 0 atom stereocenters. The molecule has 1 aromatic rings. The Hall–Kier alpha value is -1.74. The minimum Gasteiger partial charge on any atom is -0.331 e. The number of imidazole rings is 1. The predicted octanol–water partition coefficient (Wildman–Crippen LogP) is 2.02. The number of allylic oxidation sites excluding steroid dienone is 1. The molecule has 0 aromatic carbocycles. The van der Waals surface area contributed by atoms with Crippen LogP contribution >= 0.6 is 0 Å². The summed E-state index contributed by atoms with van der Waals surface area (Å²) in [6.07, 6.45) is 3.51. The van der Waals surface area contributed by atoms with Gasteiger partial charge in [0.2, 0.25) is 0 Å². The van der Waals surface area contributed by atoms with E-state index in [2.05, 4.69) is 21.6 Å². The van der Waals surface area contributed by atoms with Gasteiger partial charge >= 0.3 is 0 Å². The van der Waals surface area contributed by atoms with Crippen molar-refractivity contribution in [2.24, 2.45) is 5.11 Å². The van der Waals surface area contributed by atoms with E-state index in [1.807, 2.05) is 17.7 Å². The Balaban J connectivity index is 2.70. The fourth-order valence-electron chi connectivity index (χ4n) is 0.862. The van der Waals surface area contributed by atoms with Gasteiger partial charge in [-0.2, -0.15) is 0 Å². The Bertz CT molecular complexity index is 331. The third-order valence-corrected chi connectivity index (χ3v) is 1.46. The molecule has 1 aromatic heterocycles. The molecule has 0 aliphatic heterocycles. The molecule has 12 heavy (non-hydrogen) atoms. The smallest absolute Gasteiger partial charge is 0.105 e. The van der Waals surface area contributed by atoms with Crippen LogP contribution in [0.5, 0.6) is 0 Å². The number of aromatic nitrogens is 2. The van der Waals surface area contributed by atoms with Gasteiger partial charge in [-0.3, -0.25) is 0 Å². The SMILES string of the molecule is C=C(Cn1ccnc1C)N=[N+]=[N-]. The summed E-state index contributed by atoms with van der Waals surface area (Å²) in [6.45, 7) is 5.97. The Morgan fingerprint density at radius 3 is 3.17 bits per heavy atom. The molecular weight excluding hydrogens is 154 g/mol. The first-order valence-electron chi connectivity index (χ1n) is 3.44. The molecule has 0 radical (unpaired) electrons. The summed E-state index contributed by atoms with van der Waals surface area (Å²) in [5, 5.41) is 3.38. The van der Waals surface area contributed by atoms with E-state index >= 15 is 0 Å². The summed E-state index contributed by atoms with van der Waals surface area (Å²) in [6, 6.07) is 0. The monoisotopic (exact) mass is 163 g/mol. The van der Waals surface area contributed by atoms with Gasteiger partial charge in [0.25, 0.3) is 0 Å². The second-order valence-electron chi connectivity index (χ2n) is 2.36. The van der Waals surface area contributed by atoms with E-state index in [0.29, 0.717) is 12.2 Å². The molecule has 0 N–H and O–H groups in total. The quantitative estimate of drug-likeness (QED) is 0.382. The van der Waals surface area contributed by atoms with E-state index in [0.717, 1.165) is 5.82 Å². The molecule has 0 aliphatic carbocycles. The molecule has 5 nitrogen and oxygen atoms in total. The average molecular weight is 163 g/mol. The number of hydrogen-bond acceptors (Lipinski definition) is 2. The van der Waals surface area contributed by atoms with Crippen molar-refractivity contribution in [3.8, 4) is 0 Å². The number of azide groups is 1. The Kier molecular flexibility index (Phi) is 2.50. The normalized spacial score (nSPS) is 9.08. The lowest BCUT2D eigenvalue weighted by atomic mass is 10.5. The van der Waals surface area contributed by atoms with Gasteiger partial charge in [-0.25, -0.2) is 4.98 Å². The van der Waals surface area contributed by atoms with Crippen LogP contribution in [0.1, 0.15) is 5.82 Å². The van der Waals surface area contributed by atoms with Crippen molar-refractivity contribution in [2.45, 2.75) is 13.5 Å². The van der Waals surface area contributed by atoms with Crippen LogP contribution in [0.15, 0.2) is 29.8 Å². The number of rotatable bonds is 3. The molecule has 1 rings (SSSR count). The molecule has 0 saturated carbocycles. The summed E-state index contributed by atoms with van der Waals surface area (Å²) in [5.41, 5.74) is 8.59. The molecule has 0 fully saturated rings. The second-order valence-corrected chi connectivity index (χ2v) is 2.36. The Morgan fingerprint density at radius 1 is 1.92 bits per heavy atom.